The molecule has 15 nitrogen and oxygen atoms in total. The van der Waals surface area contributed by atoms with Gasteiger partial charge in [0.1, 0.15) is 12.2 Å². The van der Waals surface area contributed by atoms with E-state index < -0.39 is 5.60 Å². The average molecular weight is 698 g/mol. The van der Waals surface area contributed by atoms with Crippen LogP contribution >= 0.6 is 0 Å². The maximum Gasteiger partial charge on any atom is 0.410 e. The Bertz CT molecular complexity index is 719. The van der Waals surface area contributed by atoms with E-state index in [9.17, 15) is 4.79 Å². The van der Waals surface area contributed by atoms with Crippen LogP contribution in [0, 0.1) is 12.3 Å². The van der Waals surface area contributed by atoms with Crippen LogP contribution in [0.5, 0.6) is 0 Å². The molecular formula is C33H63NO14. The van der Waals surface area contributed by atoms with Crippen LogP contribution in [0.2, 0.25) is 0 Å². The van der Waals surface area contributed by atoms with Gasteiger partial charge in [0, 0.05) is 13.6 Å². The normalized spacial score (nSPS) is 11.6. The summed E-state index contributed by atoms with van der Waals surface area (Å²) in [4.78, 5) is 13.3. The highest BCUT2D eigenvalue weighted by molar-refractivity contribution is 5.67. The molecule has 0 bridgehead atoms. The van der Waals surface area contributed by atoms with Crippen LogP contribution in [-0.4, -0.2) is 189 Å². The van der Waals surface area contributed by atoms with E-state index in [-0.39, 0.29) is 6.09 Å². The second-order valence-corrected chi connectivity index (χ2v) is 10.9. The van der Waals surface area contributed by atoms with Crippen molar-refractivity contribution in [2.24, 2.45) is 0 Å². The SMILES string of the molecule is C#CCOCCOCCOCCOCCOCCOCCOCCOCCOCCOCCOCCOCCN(C)C(=O)OC(C)(C)C. The van der Waals surface area contributed by atoms with Gasteiger partial charge in [-0.2, -0.15) is 0 Å². The third-order valence-electron chi connectivity index (χ3n) is 5.55. The van der Waals surface area contributed by atoms with Crippen molar-refractivity contribution in [3.8, 4) is 12.3 Å². The van der Waals surface area contributed by atoms with Crippen molar-refractivity contribution < 1.29 is 66.4 Å². The third kappa shape index (κ3) is 38.8. The Morgan fingerprint density at radius 2 is 0.688 bits per heavy atom. The zero-order valence-corrected chi connectivity index (χ0v) is 29.9. The Hall–Kier alpha value is -1.65. The summed E-state index contributed by atoms with van der Waals surface area (Å²) in [5, 5.41) is 0. The van der Waals surface area contributed by atoms with Gasteiger partial charge in [0.15, 0.2) is 0 Å². The smallest absolute Gasteiger partial charge is 0.410 e. The minimum Gasteiger partial charge on any atom is -0.444 e. The van der Waals surface area contributed by atoms with E-state index >= 15 is 0 Å². The lowest BCUT2D eigenvalue weighted by molar-refractivity contribution is -0.0283. The summed E-state index contributed by atoms with van der Waals surface area (Å²) in [5.41, 5.74) is -0.511. The second-order valence-electron chi connectivity index (χ2n) is 10.9. The Morgan fingerprint density at radius 3 is 0.917 bits per heavy atom. The van der Waals surface area contributed by atoms with Gasteiger partial charge in [-0.25, -0.2) is 4.79 Å². The van der Waals surface area contributed by atoms with Crippen molar-refractivity contribution in [3.05, 3.63) is 0 Å². The van der Waals surface area contributed by atoms with E-state index in [2.05, 4.69) is 5.92 Å². The van der Waals surface area contributed by atoms with Gasteiger partial charge in [-0.05, 0) is 20.8 Å². The molecule has 0 heterocycles. The first-order valence-corrected chi connectivity index (χ1v) is 16.7. The summed E-state index contributed by atoms with van der Waals surface area (Å²) in [6.07, 6.45) is 4.71. The molecule has 0 rings (SSSR count). The Labute approximate surface area is 288 Å². The van der Waals surface area contributed by atoms with E-state index in [1.807, 2.05) is 20.8 Å². The molecule has 0 aliphatic heterocycles. The standard InChI is InChI=1S/C33H63NO14/c1-6-8-36-10-12-38-14-16-40-18-20-42-22-24-44-26-28-46-30-31-47-29-27-45-25-23-43-21-19-41-17-15-39-13-11-37-9-7-34(5)32(35)48-33(2,3)4/h1H,7-31H2,2-5H3. The molecule has 0 radical (unpaired) electrons. The van der Waals surface area contributed by atoms with Gasteiger partial charge in [0.05, 0.1) is 152 Å². The number of carbonyl (C=O) groups is 1. The molecule has 0 fully saturated rings. The maximum absolute atomic E-state index is 11.9. The monoisotopic (exact) mass is 697 g/mol. The summed E-state index contributed by atoms with van der Waals surface area (Å²) in [6.45, 7) is 17.5. The van der Waals surface area contributed by atoms with E-state index in [1.54, 1.807) is 7.05 Å². The predicted molar refractivity (Wildman–Crippen MR) is 178 cm³/mol. The lowest BCUT2D eigenvalue weighted by atomic mass is 10.2. The fourth-order valence-electron chi connectivity index (χ4n) is 3.18. The topological polar surface area (TPSA) is 140 Å². The number of hydrogen-bond donors (Lipinski definition) is 0. The number of ether oxygens (including phenoxy) is 13. The average Bonchev–Trinajstić information content (AvgIpc) is 3.05. The maximum atomic E-state index is 11.9. The number of nitrogens with zero attached hydrogens (tertiary/aromatic N) is 1. The lowest BCUT2D eigenvalue weighted by Gasteiger charge is -2.24. The molecule has 0 atom stereocenters. The van der Waals surface area contributed by atoms with Crippen LogP contribution < -0.4 is 0 Å². The molecule has 15 heteroatoms. The van der Waals surface area contributed by atoms with E-state index in [0.29, 0.717) is 165 Å². The zero-order chi connectivity index (χ0) is 35.2. The highest BCUT2D eigenvalue weighted by Crippen LogP contribution is 2.08. The van der Waals surface area contributed by atoms with Gasteiger partial charge in [0.2, 0.25) is 0 Å². The largest absolute Gasteiger partial charge is 0.444 e. The molecule has 0 aliphatic carbocycles. The van der Waals surface area contributed by atoms with Gasteiger partial charge < -0.3 is 66.5 Å². The minimum atomic E-state index is -0.511. The molecule has 0 aromatic carbocycles. The van der Waals surface area contributed by atoms with Crippen molar-refractivity contribution >= 4 is 6.09 Å². The Balaban J connectivity index is 3.14. The summed E-state index contributed by atoms with van der Waals surface area (Å²) in [7, 11) is 1.68. The molecule has 0 unspecified atom stereocenters. The fourth-order valence-corrected chi connectivity index (χ4v) is 3.18. The highest BCUT2D eigenvalue weighted by atomic mass is 16.6. The lowest BCUT2D eigenvalue weighted by Crippen LogP contribution is -2.36. The zero-order valence-electron chi connectivity index (χ0n) is 29.9. The summed E-state index contributed by atoms with van der Waals surface area (Å²) in [6, 6.07) is 0. The van der Waals surface area contributed by atoms with E-state index in [1.165, 1.54) is 4.90 Å². The number of rotatable bonds is 37. The molecule has 0 saturated carbocycles. The Kier molecular flexibility index (Phi) is 35.4. The summed E-state index contributed by atoms with van der Waals surface area (Å²) >= 11 is 0. The molecule has 0 saturated heterocycles. The molecule has 0 aromatic heterocycles. The van der Waals surface area contributed by atoms with Gasteiger partial charge in [-0.1, -0.05) is 5.92 Å². The van der Waals surface area contributed by atoms with Crippen molar-refractivity contribution in [2.45, 2.75) is 26.4 Å². The molecule has 1 amide bonds. The van der Waals surface area contributed by atoms with Gasteiger partial charge in [0.25, 0.3) is 0 Å². The van der Waals surface area contributed by atoms with Crippen LogP contribution in [0.15, 0.2) is 0 Å². The molecule has 0 N–H and O–H groups in total. The van der Waals surface area contributed by atoms with E-state index in [0.717, 1.165) is 0 Å². The first-order valence-electron chi connectivity index (χ1n) is 16.7. The van der Waals surface area contributed by atoms with Crippen LogP contribution in [-0.2, 0) is 61.6 Å². The third-order valence-corrected chi connectivity index (χ3v) is 5.55. The van der Waals surface area contributed by atoms with Crippen molar-refractivity contribution in [3.63, 3.8) is 0 Å². The van der Waals surface area contributed by atoms with Crippen molar-refractivity contribution in [1.82, 2.24) is 4.90 Å². The number of hydrogen-bond acceptors (Lipinski definition) is 14. The van der Waals surface area contributed by atoms with Gasteiger partial charge in [-0.15, -0.1) is 6.42 Å². The number of carbonyl (C=O) groups excluding carboxylic acids is 1. The number of likely N-dealkylation sites (N-methyl/N-ethyl adjacent to an activating group) is 1. The first kappa shape index (κ1) is 46.4. The molecule has 0 aliphatic rings. The Morgan fingerprint density at radius 1 is 0.458 bits per heavy atom. The predicted octanol–water partition coefficient (Wildman–Crippen LogP) is 1.69. The van der Waals surface area contributed by atoms with Crippen LogP contribution in [0.25, 0.3) is 0 Å². The minimum absolute atomic E-state index is 0.303. The van der Waals surface area contributed by atoms with Gasteiger partial charge >= 0.3 is 6.09 Å². The number of terminal acetylenes is 1. The molecular weight excluding hydrogens is 634 g/mol. The second kappa shape index (κ2) is 36.6. The van der Waals surface area contributed by atoms with Crippen molar-refractivity contribution in [1.29, 1.82) is 0 Å². The summed E-state index contributed by atoms with van der Waals surface area (Å²) < 4.78 is 70.3. The van der Waals surface area contributed by atoms with Crippen LogP contribution in [0.3, 0.4) is 0 Å². The molecule has 0 aromatic rings. The van der Waals surface area contributed by atoms with Crippen LogP contribution in [0.1, 0.15) is 20.8 Å². The highest BCUT2D eigenvalue weighted by Gasteiger charge is 2.19. The van der Waals surface area contributed by atoms with Gasteiger partial charge in [-0.3, -0.25) is 0 Å². The molecule has 0 spiro atoms. The molecule has 48 heavy (non-hydrogen) atoms. The van der Waals surface area contributed by atoms with Crippen molar-refractivity contribution in [2.75, 3.05) is 172 Å². The van der Waals surface area contributed by atoms with E-state index in [4.69, 9.17) is 68.0 Å². The number of amides is 1. The fraction of sp³-hybridized carbons (Fsp3) is 0.909. The quantitative estimate of drug-likeness (QED) is 0.0687. The first-order chi connectivity index (χ1) is 23.4. The molecule has 284 valence electrons. The van der Waals surface area contributed by atoms with Crippen LogP contribution in [0.4, 0.5) is 4.79 Å². The summed E-state index contributed by atoms with van der Waals surface area (Å²) in [5.74, 6) is 2.40.